The number of rotatable bonds is 3. The van der Waals surface area contributed by atoms with Crippen LogP contribution in [0.5, 0.6) is 0 Å². The molecule has 0 aliphatic carbocycles. The third kappa shape index (κ3) is 2.89. The fraction of sp³-hybridized carbons (Fsp3) is 0. The number of fused-ring (bicyclic) bond motifs is 1. The molecule has 0 bridgehead atoms. The van der Waals surface area contributed by atoms with E-state index < -0.39 is 0 Å². The zero-order valence-electron chi connectivity index (χ0n) is 11.0. The second kappa shape index (κ2) is 5.79. The van der Waals surface area contributed by atoms with Gasteiger partial charge in [0.2, 0.25) is 0 Å². The van der Waals surface area contributed by atoms with Gasteiger partial charge in [0.05, 0.1) is 5.69 Å². The minimum Gasteiger partial charge on any atom is -0.388 e. The third-order valence-electron chi connectivity index (χ3n) is 3.16. The maximum atomic E-state index is 5.62. The van der Waals surface area contributed by atoms with Gasteiger partial charge in [-0.05, 0) is 29.7 Å². The van der Waals surface area contributed by atoms with E-state index in [4.69, 9.17) is 18.0 Å². The van der Waals surface area contributed by atoms with Crippen molar-refractivity contribution in [1.82, 2.24) is 4.98 Å². The van der Waals surface area contributed by atoms with Gasteiger partial charge in [-0.2, -0.15) is 0 Å². The summed E-state index contributed by atoms with van der Waals surface area (Å²) in [6.45, 7) is 0. The highest BCUT2D eigenvalue weighted by Crippen LogP contribution is 2.31. The lowest BCUT2D eigenvalue weighted by Crippen LogP contribution is -2.11. The van der Waals surface area contributed by atoms with Crippen molar-refractivity contribution in [3.05, 3.63) is 64.9 Å². The predicted octanol–water partition coefficient (Wildman–Crippen LogP) is 4.38. The number of nitrogens with one attached hydrogen (secondary N) is 1. The van der Waals surface area contributed by atoms with Crippen LogP contribution in [0, 0.1) is 0 Å². The van der Waals surface area contributed by atoms with Crippen LogP contribution in [0.25, 0.3) is 10.8 Å². The molecule has 0 aliphatic rings. The Kier molecular flexibility index (Phi) is 3.86. The molecule has 21 heavy (non-hydrogen) atoms. The van der Waals surface area contributed by atoms with Crippen LogP contribution in [0.1, 0.15) is 5.69 Å². The normalized spacial score (nSPS) is 10.5. The first-order chi connectivity index (χ1) is 10.1. The van der Waals surface area contributed by atoms with Crippen molar-refractivity contribution in [2.75, 3.05) is 5.32 Å². The smallest absolute Gasteiger partial charge is 0.122 e. The Hall–Kier alpha value is -1.98. The second-order valence-electron chi connectivity index (χ2n) is 4.56. The van der Waals surface area contributed by atoms with E-state index in [9.17, 15) is 0 Å². The monoisotopic (exact) mass is 357 g/mol. The van der Waals surface area contributed by atoms with E-state index in [1.807, 2.05) is 36.4 Å². The maximum absolute atomic E-state index is 5.62. The number of anilines is 2. The third-order valence-corrected chi connectivity index (χ3v) is 4.06. The highest BCUT2D eigenvalue weighted by molar-refractivity contribution is 9.10. The summed E-state index contributed by atoms with van der Waals surface area (Å²) >= 11 is 8.54. The molecule has 3 rings (SSSR count). The molecule has 1 aromatic heterocycles. The summed E-state index contributed by atoms with van der Waals surface area (Å²) in [5.74, 6) is 0. The number of halogens is 1. The molecule has 0 fully saturated rings. The van der Waals surface area contributed by atoms with E-state index in [0.717, 1.165) is 26.6 Å². The summed E-state index contributed by atoms with van der Waals surface area (Å²) in [5.41, 5.74) is 8.15. The maximum Gasteiger partial charge on any atom is 0.122 e. The molecule has 3 N–H and O–H groups in total. The van der Waals surface area contributed by atoms with Gasteiger partial charge in [0, 0.05) is 27.4 Å². The van der Waals surface area contributed by atoms with E-state index in [0.29, 0.717) is 10.7 Å². The number of pyridine rings is 1. The van der Waals surface area contributed by atoms with Gasteiger partial charge in [0.15, 0.2) is 0 Å². The first kappa shape index (κ1) is 14.0. The van der Waals surface area contributed by atoms with Crippen LogP contribution >= 0.6 is 28.1 Å². The summed E-state index contributed by atoms with van der Waals surface area (Å²) in [6.07, 6.45) is 1.69. The Morgan fingerprint density at radius 3 is 2.62 bits per heavy atom. The number of benzene rings is 2. The fourth-order valence-corrected chi connectivity index (χ4v) is 2.76. The topological polar surface area (TPSA) is 50.9 Å². The molecular formula is C16H12BrN3S. The lowest BCUT2D eigenvalue weighted by Gasteiger charge is -2.11. The minimum absolute atomic E-state index is 0.291. The quantitative estimate of drug-likeness (QED) is 0.683. The summed E-state index contributed by atoms with van der Waals surface area (Å²) < 4.78 is 1.07. The van der Waals surface area contributed by atoms with E-state index in [1.165, 1.54) is 0 Å². The number of nitrogens with zero attached hydrogens (tertiary/aromatic N) is 1. The highest BCUT2D eigenvalue weighted by atomic mass is 79.9. The van der Waals surface area contributed by atoms with E-state index >= 15 is 0 Å². The Bertz CT molecular complexity index is 833. The molecule has 0 saturated heterocycles. The van der Waals surface area contributed by atoms with Crippen LogP contribution in [0.2, 0.25) is 0 Å². The molecule has 1 heterocycles. The van der Waals surface area contributed by atoms with Crippen molar-refractivity contribution in [3.8, 4) is 0 Å². The summed E-state index contributed by atoms with van der Waals surface area (Å²) in [4.78, 5) is 4.43. The molecule has 0 radical (unpaired) electrons. The van der Waals surface area contributed by atoms with Crippen LogP contribution in [0.3, 0.4) is 0 Å². The fourth-order valence-electron chi connectivity index (χ4n) is 2.17. The Morgan fingerprint density at radius 2 is 1.86 bits per heavy atom. The van der Waals surface area contributed by atoms with Crippen molar-refractivity contribution < 1.29 is 0 Å². The second-order valence-corrected chi connectivity index (χ2v) is 5.85. The van der Waals surface area contributed by atoms with Gasteiger partial charge < -0.3 is 11.1 Å². The molecular weight excluding hydrogens is 346 g/mol. The van der Waals surface area contributed by atoms with Gasteiger partial charge in [0.1, 0.15) is 4.99 Å². The molecule has 2 aromatic carbocycles. The van der Waals surface area contributed by atoms with E-state index in [-0.39, 0.29) is 0 Å². The van der Waals surface area contributed by atoms with Gasteiger partial charge in [-0.1, -0.05) is 52.4 Å². The lowest BCUT2D eigenvalue weighted by molar-refractivity contribution is 1.29. The van der Waals surface area contributed by atoms with Crippen molar-refractivity contribution >= 4 is 55.3 Å². The molecule has 104 valence electrons. The Labute approximate surface area is 136 Å². The van der Waals surface area contributed by atoms with Crippen LogP contribution in [0.15, 0.2) is 59.2 Å². The molecule has 0 saturated carbocycles. The van der Waals surface area contributed by atoms with Crippen LogP contribution < -0.4 is 11.1 Å². The number of hydrogen-bond acceptors (Lipinski definition) is 3. The first-order valence-corrected chi connectivity index (χ1v) is 7.55. The minimum atomic E-state index is 0.291. The molecule has 3 aromatic rings. The van der Waals surface area contributed by atoms with Gasteiger partial charge >= 0.3 is 0 Å². The van der Waals surface area contributed by atoms with Crippen molar-refractivity contribution in [1.29, 1.82) is 0 Å². The van der Waals surface area contributed by atoms with Gasteiger partial charge in [-0.25, -0.2) is 0 Å². The predicted molar refractivity (Wildman–Crippen MR) is 95.1 cm³/mol. The largest absolute Gasteiger partial charge is 0.388 e. The van der Waals surface area contributed by atoms with Gasteiger partial charge in [0.25, 0.3) is 0 Å². The van der Waals surface area contributed by atoms with Crippen LogP contribution in [-0.2, 0) is 0 Å². The van der Waals surface area contributed by atoms with E-state index in [2.05, 4.69) is 38.4 Å². The molecule has 5 heteroatoms. The average molecular weight is 358 g/mol. The highest BCUT2D eigenvalue weighted by Gasteiger charge is 2.05. The lowest BCUT2D eigenvalue weighted by atomic mass is 10.1. The zero-order valence-corrected chi connectivity index (χ0v) is 13.4. The zero-order chi connectivity index (χ0) is 14.8. The Balaban J connectivity index is 2.04. The van der Waals surface area contributed by atoms with E-state index in [1.54, 1.807) is 6.20 Å². The average Bonchev–Trinajstić information content (AvgIpc) is 2.51. The number of aromatic nitrogens is 1. The van der Waals surface area contributed by atoms with Gasteiger partial charge in [-0.3, -0.25) is 4.98 Å². The molecule has 0 amide bonds. The summed E-state index contributed by atoms with van der Waals surface area (Å²) in [7, 11) is 0. The molecule has 0 atom stereocenters. The molecule has 0 spiro atoms. The van der Waals surface area contributed by atoms with Crippen LogP contribution in [0.4, 0.5) is 11.4 Å². The number of nitrogens with two attached hydrogens (primary N) is 1. The van der Waals surface area contributed by atoms with Gasteiger partial charge in [-0.15, -0.1) is 0 Å². The van der Waals surface area contributed by atoms with Crippen molar-refractivity contribution in [2.24, 2.45) is 5.73 Å². The number of thiocarbonyl (C=S) groups is 1. The number of hydrogen-bond donors (Lipinski definition) is 2. The van der Waals surface area contributed by atoms with Crippen molar-refractivity contribution in [3.63, 3.8) is 0 Å². The van der Waals surface area contributed by atoms with Crippen LogP contribution in [-0.4, -0.2) is 9.97 Å². The molecule has 0 aliphatic heterocycles. The summed E-state index contributed by atoms with van der Waals surface area (Å²) in [5, 5.41) is 5.69. The molecule has 3 nitrogen and oxygen atoms in total. The van der Waals surface area contributed by atoms with Crippen molar-refractivity contribution in [2.45, 2.75) is 0 Å². The Morgan fingerprint density at radius 1 is 1.10 bits per heavy atom. The standard InChI is InChI=1S/C16H12BrN3S/c17-13-5-6-14(12-4-2-1-3-11(12)13)20-10-7-8-19-15(9-10)16(18)21/h1-9H,(H2,18,21)(H,19,20). The SMILES string of the molecule is NC(=S)c1cc(Nc2ccc(Br)c3ccccc23)ccn1. The first-order valence-electron chi connectivity index (χ1n) is 6.35. The molecule has 0 unspecified atom stereocenters. The summed E-state index contributed by atoms with van der Waals surface area (Å²) in [6, 6.07) is 16.0.